The number of hydrogen-bond donors (Lipinski definition) is 2. The molecule has 0 saturated carbocycles. The van der Waals surface area contributed by atoms with Crippen LogP contribution in [0.4, 0.5) is 0 Å². The largest absolute Gasteiger partial charge is 0.493 e. The number of carbonyl (C=O) groups is 1. The van der Waals surface area contributed by atoms with E-state index in [0.717, 1.165) is 27.7 Å². The lowest BCUT2D eigenvalue weighted by Gasteiger charge is -2.28. The van der Waals surface area contributed by atoms with Crippen LogP contribution in [0, 0.1) is 0 Å². The minimum atomic E-state index is -0.352. The number of methoxy groups -OCH3 is 4. The zero-order chi connectivity index (χ0) is 20.5. The Balaban J connectivity index is 1.93. The summed E-state index contributed by atoms with van der Waals surface area (Å²) in [6, 6.07) is 11.4. The number of quaternary nitrogens is 1. The van der Waals surface area contributed by atoms with Crippen LogP contribution in [-0.4, -0.2) is 45.4 Å². The van der Waals surface area contributed by atoms with Crippen molar-refractivity contribution in [2.75, 3.05) is 28.4 Å². The summed E-state index contributed by atoms with van der Waals surface area (Å²) in [7, 11) is 6.20. The third kappa shape index (κ3) is 3.07. The zero-order valence-electron chi connectivity index (χ0n) is 16.9. The van der Waals surface area contributed by atoms with E-state index in [9.17, 15) is 4.79 Å². The van der Waals surface area contributed by atoms with Gasteiger partial charge < -0.3 is 29.2 Å². The first-order chi connectivity index (χ1) is 14.1. The second-order valence-electron chi connectivity index (χ2n) is 6.99. The summed E-state index contributed by atoms with van der Waals surface area (Å²) < 4.78 is 21.8. The van der Waals surface area contributed by atoms with Crippen molar-refractivity contribution in [3.63, 3.8) is 0 Å². The van der Waals surface area contributed by atoms with Crippen LogP contribution in [-0.2, 0) is 16.0 Å². The first-order valence-corrected chi connectivity index (χ1v) is 9.44. The standard InChI is InChI=1S/C22H24N2O5/c1-26-17-10-9-13(20(27-2)21(17)28-3)18-19-14(11-16(24-18)22(25)29-4)12-7-5-6-8-15(12)23-19/h5-10,16,18,23-24H,11H2,1-4H3/p+1/t16-,18-/m1/s1. The molecule has 0 radical (unpaired) electrons. The Labute approximate surface area is 168 Å². The fraction of sp³-hybridized carbons (Fsp3) is 0.318. The molecular weight excluding hydrogens is 372 g/mol. The highest BCUT2D eigenvalue weighted by Gasteiger charge is 2.40. The van der Waals surface area contributed by atoms with Crippen molar-refractivity contribution in [1.82, 2.24) is 4.98 Å². The van der Waals surface area contributed by atoms with Crippen LogP contribution < -0.4 is 19.5 Å². The van der Waals surface area contributed by atoms with E-state index in [1.54, 1.807) is 21.3 Å². The van der Waals surface area contributed by atoms with Gasteiger partial charge in [-0.2, -0.15) is 0 Å². The zero-order valence-corrected chi connectivity index (χ0v) is 16.9. The van der Waals surface area contributed by atoms with Gasteiger partial charge in [0.2, 0.25) is 5.75 Å². The number of esters is 1. The molecule has 0 fully saturated rings. The van der Waals surface area contributed by atoms with Crippen molar-refractivity contribution in [2.24, 2.45) is 0 Å². The van der Waals surface area contributed by atoms with Gasteiger partial charge >= 0.3 is 5.97 Å². The second-order valence-corrected chi connectivity index (χ2v) is 6.99. The highest BCUT2D eigenvalue weighted by molar-refractivity contribution is 5.86. The molecule has 7 heteroatoms. The summed E-state index contributed by atoms with van der Waals surface area (Å²) in [5, 5.41) is 3.14. The molecule has 2 atom stereocenters. The lowest BCUT2D eigenvalue weighted by atomic mass is 9.89. The normalized spacial score (nSPS) is 18.2. The molecule has 2 aromatic carbocycles. The van der Waals surface area contributed by atoms with E-state index >= 15 is 0 Å². The van der Waals surface area contributed by atoms with E-state index < -0.39 is 0 Å². The Morgan fingerprint density at radius 2 is 1.76 bits per heavy atom. The summed E-state index contributed by atoms with van der Waals surface area (Å²) in [6.07, 6.45) is 0.595. The predicted octanol–water partition coefficient (Wildman–Crippen LogP) is 1.94. The molecule has 0 aliphatic carbocycles. The van der Waals surface area contributed by atoms with E-state index in [0.29, 0.717) is 23.7 Å². The predicted molar refractivity (Wildman–Crippen MR) is 108 cm³/mol. The van der Waals surface area contributed by atoms with Crippen LogP contribution in [0.15, 0.2) is 36.4 Å². The van der Waals surface area contributed by atoms with Crippen LogP contribution >= 0.6 is 0 Å². The SMILES string of the molecule is COC(=O)[C@H]1Cc2c([nH]c3ccccc23)[C@@H](c2ccc(OC)c(OC)c2OC)[NH2+]1. The van der Waals surface area contributed by atoms with Crippen molar-refractivity contribution >= 4 is 16.9 Å². The Hall–Kier alpha value is -3.19. The Kier molecular flexibility index (Phi) is 5.07. The molecule has 0 spiro atoms. The molecule has 7 nitrogen and oxygen atoms in total. The Bertz CT molecular complexity index is 1060. The molecule has 2 heterocycles. The van der Waals surface area contributed by atoms with Gasteiger partial charge in [-0.05, 0) is 23.8 Å². The van der Waals surface area contributed by atoms with Crippen LogP contribution in [0.3, 0.4) is 0 Å². The fourth-order valence-electron chi connectivity index (χ4n) is 4.26. The van der Waals surface area contributed by atoms with Gasteiger partial charge in [-0.1, -0.05) is 18.2 Å². The highest BCUT2D eigenvalue weighted by Crippen LogP contribution is 2.44. The maximum atomic E-state index is 12.4. The van der Waals surface area contributed by atoms with Crippen LogP contribution in [0.1, 0.15) is 22.9 Å². The lowest BCUT2D eigenvalue weighted by Crippen LogP contribution is -2.94. The van der Waals surface area contributed by atoms with E-state index in [2.05, 4.69) is 11.1 Å². The van der Waals surface area contributed by atoms with E-state index in [1.165, 1.54) is 7.11 Å². The topological polar surface area (TPSA) is 86.4 Å². The van der Waals surface area contributed by atoms with Gasteiger partial charge in [0, 0.05) is 17.3 Å². The molecule has 152 valence electrons. The van der Waals surface area contributed by atoms with E-state index in [-0.39, 0.29) is 18.1 Å². The molecule has 3 aromatic rings. The number of nitrogens with one attached hydrogen (secondary N) is 1. The number of benzene rings is 2. The van der Waals surface area contributed by atoms with E-state index in [4.69, 9.17) is 18.9 Å². The number of H-pyrrole nitrogens is 1. The van der Waals surface area contributed by atoms with Gasteiger partial charge in [0.15, 0.2) is 23.6 Å². The monoisotopic (exact) mass is 397 g/mol. The maximum absolute atomic E-state index is 12.4. The number of para-hydroxylation sites is 1. The number of aromatic amines is 1. The summed E-state index contributed by atoms with van der Waals surface area (Å²) >= 11 is 0. The number of hydrogen-bond acceptors (Lipinski definition) is 5. The summed E-state index contributed by atoms with van der Waals surface area (Å²) in [6.45, 7) is 0. The van der Waals surface area contributed by atoms with Crippen molar-refractivity contribution in [1.29, 1.82) is 0 Å². The third-order valence-corrected chi connectivity index (χ3v) is 5.58. The van der Waals surface area contributed by atoms with Crippen molar-refractivity contribution in [2.45, 2.75) is 18.5 Å². The first-order valence-electron chi connectivity index (χ1n) is 9.44. The highest BCUT2D eigenvalue weighted by atomic mass is 16.5. The number of nitrogens with two attached hydrogens (primary N) is 1. The number of carbonyl (C=O) groups excluding carboxylic acids is 1. The van der Waals surface area contributed by atoms with Crippen molar-refractivity contribution in [3.8, 4) is 17.2 Å². The minimum Gasteiger partial charge on any atom is -0.493 e. The van der Waals surface area contributed by atoms with Crippen LogP contribution in [0.5, 0.6) is 17.2 Å². The molecule has 0 saturated heterocycles. The van der Waals surface area contributed by atoms with Crippen molar-refractivity contribution < 1.29 is 29.1 Å². The molecule has 1 aliphatic rings. The number of fused-ring (bicyclic) bond motifs is 3. The molecule has 29 heavy (non-hydrogen) atoms. The molecule has 0 bridgehead atoms. The molecular formula is C22H25N2O5+. The van der Waals surface area contributed by atoms with Gasteiger partial charge in [0.05, 0.1) is 39.7 Å². The summed E-state index contributed by atoms with van der Waals surface area (Å²) in [5.74, 6) is 1.46. The summed E-state index contributed by atoms with van der Waals surface area (Å²) in [5.41, 5.74) is 4.12. The quantitative estimate of drug-likeness (QED) is 0.643. The van der Waals surface area contributed by atoms with Gasteiger partial charge in [-0.25, -0.2) is 4.79 Å². The molecule has 0 amide bonds. The fourth-order valence-corrected chi connectivity index (χ4v) is 4.26. The second kappa shape index (κ2) is 7.67. The third-order valence-electron chi connectivity index (χ3n) is 5.58. The van der Waals surface area contributed by atoms with Gasteiger partial charge in [0.25, 0.3) is 0 Å². The first kappa shape index (κ1) is 19.1. The summed E-state index contributed by atoms with van der Waals surface area (Å²) in [4.78, 5) is 16.0. The van der Waals surface area contributed by atoms with Crippen LogP contribution in [0.25, 0.3) is 10.9 Å². The molecule has 3 N–H and O–H groups in total. The van der Waals surface area contributed by atoms with Gasteiger partial charge in [0.1, 0.15) is 0 Å². The van der Waals surface area contributed by atoms with Crippen molar-refractivity contribution in [3.05, 3.63) is 53.2 Å². The Morgan fingerprint density at radius 1 is 1.00 bits per heavy atom. The maximum Gasteiger partial charge on any atom is 0.364 e. The minimum absolute atomic E-state index is 0.190. The number of aromatic nitrogens is 1. The number of rotatable bonds is 5. The lowest BCUT2D eigenvalue weighted by molar-refractivity contribution is -0.712. The molecule has 1 aliphatic heterocycles. The smallest absolute Gasteiger partial charge is 0.364 e. The molecule has 4 rings (SSSR count). The van der Waals surface area contributed by atoms with E-state index in [1.807, 2.05) is 35.6 Å². The molecule has 0 unspecified atom stereocenters. The van der Waals surface area contributed by atoms with Gasteiger partial charge in [-0.15, -0.1) is 0 Å². The average molecular weight is 397 g/mol. The van der Waals surface area contributed by atoms with Gasteiger partial charge in [-0.3, -0.25) is 0 Å². The average Bonchev–Trinajstić information content (AvgIpc) is 3.15. The number of ether oxygens (including phenoxy) is 4. The van der Waals surface area contributed by atoms with Crippen LogP contribution in [0.2, 0.25) is 0 Å². The Morgan fingerprint density at radius 3 is 2.45 bits per heavy atom. The molecule has 1 aromatic heterocycles.